The fraction of sp³-hybridized carbons (Fsp3) is 0.190. The van der Waals surface area contributed by atoms with Gasteiger partial charge in [-0.3, -0.25) is 0 Å². The molecule has 28 heavy (non-hydrogen) atoms. The van der Waals surface area contributed by atoms with Crippen LogP contribution in [0, 0.1) is 0 Å². The van der Waals surface area contributed by atoms with Crippen molar-refractivity contribution in [2.45, 2.75) is 19.9 Å². The molecule has 144 valence electrons. The van der Waals surface area contributed by atoms with E-state index in [2.05, 4.69) is 10.6 Å². The Morgan fingerprint density at radius 3 is 2.36 bits per heavy atom. The Kier molecular flexibility index (Phi) is 6.06. The minimum atomic E-state index is -0.452. The number of benzene rings is 2. The summed E-state index contributed by atoms with van der Waals surface area (Å²) in [5.41, 5.74) is 2.38. The van der Waals surface area contributed by atoms with Gasteiger partial charge in [-0.2, -0.15) is 0 Å². The Morgan fingerprint density at radius 1 is 1.04 bits per heavy atom. The van der Waals surface area contributed by atoms with Crippen molar-refractivity contribution in [1.29, 1.82) is 0 Å². The van der Waals surface area contributed by atoms with E-state index in [-0.39, 0.29) is 6.61 Å². The largest absolute Gasteiger partial charge is 0.463 e. The van der Waals surface area contributed by atoms with Gasteiger partial charge < -0.3 is 20.1 Å². The number of thiocarbonyl (C=S) groups is 1. The second-order valence-electron chi connectivity index (χ2n) is 6.12. The standard InChI is InChI=1S/C21H20N2O4S/c1-3-26-20(25)17-13(2)22-21(28)23-18(17)14-9-11-16(12-10-14)27-19(24)15-7-5-4-6-8-15/h4-12,18H,3H2,1-2H3,(H2,22,23,28). The van der Waals surface area contributed by atoms with Gasteiger partial charge in [-0.15, -0.1) is 0 Å². The lowest BCUT2D eigenvalue weighted by molar-refractivity contribution is -0.139. The Bertz CT molecular complexity index is 923. The number of ether oxygens (including phenoxy) is 2. The zero-order chi connectivity index (χ0) is 20.1. The van der Waals surface area contributed by atoms with Crippen LogP contribution in [-0.4, -0.2) is 23.7 Å². The summed E-state index contributed by atoms with van der Waals surface area (Å²) in [5, 5.41) is 6.47. The zero-order valence-corrected chi connectivity index (χ0v) is 16.3. The van der Waals surface area contributed by atoms with Gasteiger partial charge in [-0.1, -0.05) is 30.3 Å². The van der Waals surface area contributed by atoms with E-state index in [1.807, 2.05) is 6.07 Å². The summed E-state index contributed by atoms with van der Waals surface area (Å²) >= 11 is 5.22. The molecule has 0 fully saturated rings. The third-order valence-corrected chi connectivity index (χ3v) is 4.42. The first-order chi connectivity index (χ1) is 13.5. The number of allylic oxidation sites excluding steroid dienone is 1. The summed E-state index contributed by atoms with van der Waals surface area (Å²) in [6, 6.07) is 15.2. The molecule has 0 aliphatic carbocycles. The van der Waals surface area contributed by atoms with E-state index in [9.17, 15) is 9.59 Å². The highest BCUT2D eigenvalue weighted by Gasteiger charge is 2.30. The molecule has 1 aliphatic heterocycles. The van der Waals surface area contributed by atoms with Crippen LogP contribution in [0.4, 0.5) is 0 Å². The van der Waals surface area contributed by atoms with E-state index in [4.69, 9.17) is 21.7 Å². The maximum Gasteiger partial charge on any atom is 0.343 e. The van der Waals surface area contributed by atoms with Crippen molar-refractivity contribution in [2.24, 2.45) is 0 Å². The van der Waals surface area contributed by atoms with Crippen LogP contribution in [0.15, 0.2) is 65.9 Å². The SMILES string of the molecule is CCOC(=O)C1=C(C)NC(=S)NC1c1ccc(OC(=O)c2ccccc2)cc1. The second kappa shape index (κ2) is 8.67. The van der Waals surface area contributed by atoms with Crippen molar-refractivity contribution in [3.8, 4) is 5.75 Å². The van der Waals surface area contributed by atoms with Gasteiger partial charge in [0.05, 0.1) is 23.8 Å². The summed E-state index contributed by atoms with van der Waals surface area (Å²) < 4.78 is 10.6. The molecule has 7 heteroatoms. The van der Waals surface area contributed by atoms with Crippen LogP contribution < -0.4 is 15.4 Å². The predicted molar refractivity (Wildman–Crippen MR) is 109 cm³/mol. The van der Waals surface area contributed by atoms with Gasteiger partial charge in [-0.25, -0.2) is 9.59 Å². The number of carbonyl (C=O) groups is 2. The Balaban J connectivity index is 1.81. The number of rotatable bonds is 5. The molecule has 1 unspecified atom stereocenters. The summed E-state index contributed by atoms with van der Waals surface area (Å²) in [6.07, 6.45) is 0. The summed E-state index contributed by atoms with van der Waals surface area (Å²) in [6.45, 7) is 3.82. The molecule has 0 bridgehead atoms. The van der Waals surface area contributed by atoms with Crippen molar-refractivity contribution in [1.82, 2.24) is 10.6 Å². The van der Waals surface area contributed by atoms with Crippen molar-refractivity contribution >= 4 is 29.3 Å². The van der Waals surface area contributed by atoms with Gasteiger partial charge in [-0.05, 0) is 55.9 Å². The second-order valence-corrected chi connectivity index (χ2v) is 6.52. The van der Waals surface area contributed by atoms with Crippen LogP contribution in [0.5, 0.6) is 5.75 Å². The first-order valence-corrected chi connectivity index (χ1v) is 9.23. The van der Waals surface area contributed by atoms with Crippen LogP contribution in [0.3, 0.4) is 0 Å². The normalized spacial score (nSPS) is 16.1. The topological polar surface area (TPSA) is 76.7 Å². The van der Waals surface area contributed by atoms with Gasteiger partial charge in [0.1, 0.15) is 5.75 Å². The molecular formula is C21H20N2O4S. The summed E-state index contributed by atoms with van der Waals surface area (Å²) in [5.74, 6) is -0.433. The molecule has 6 nitrogen and oxygen atoms in total. The van der Waals surface area contributed by atoms with Crippen molar-refractivity contribution in [3.05, 3.63) is 77.0 Å². The van der Waals surface area contributed by atoms with Crippen LogP contribution in [0.2, 0.25) is 0 Å². The van der Waals surface area contributed by atoms with E-state index >= 15 is 0 Å². The van der Waals surface area contributed by atoms with Gasteiger partial charge in [0.2, 0.25) is 0 Å². The lowest BCUT2D eigenvalue weighted by Gasteiger charge is -2.29. The molecule has 0 saturated carbocycles. The first-order valence-electron chi connectivity index (χ1n) is 8.82. The van der Waals surface area contributed by atoms with E-state index < -0.39 is 18.0 Å². The van der Waals surface area contributed by atoms with Crippen LogP contribution in [-0.2, 0) is 9.53 Å². The lowest BCUT2D eigenvalue weighted by Crippen LogP contribution is -2.45. The zero-order valence-electron chi connectivity index (χ0n) is 15.5. The van der Waals surface area contributed by atoms with Gasteiger partial charge in [0.25, 0.3) is 0 Å². The fourth-order valence-corrected chi connectivity index (χ4v) is 3.16. The van der Waals surface area contributed by atoms with E-state index in [1.54, 1.807) is 62.4 Å². The van der Waals surface area contributed by atoms with Crippen molar-refractivity contribution in [3.63, 3.8) is 0 Å². The minimum absolute atomic E-state index is 0.279. The summed E-state index contributed by atoms with van der Waals surface area (Å²) in [7, 11) is 0. The average Bonchev–Trinajstić information content (AvgIpc) is 2.68. The molecule has 1 heterocycles. The number of nitrogens with one attached hydrogen (secondary N) is 2. The maximum atomic E-state index is 12.4. The van der Waals surface area contributed by atoms with Crippen LogP contribution >= 0.6 is 12.2 Å². The first kappa shape index (κ1) is 19.6. The van der Waals surface area contributed by atoms with E-state index in [0.717, 1.165) is 5.56 Å². The number of esters is 2. The minimum Gasteiger partial charge on any atom is -0.463 e. The monoisotopic (exact) mass is 396 g/mol. The van der Waals surface area contributed by atoms with E-state index in [1.165, 1.54) is 0 Å². The quantitative estimate of drug-likeness (QED) is 0.456. The number of hydrogen-bond donors (Lipinski definition) is 2. The van der Waals surface area contributed by atoms with Crippen molar-refractivity contribution < 1.29 is 19.1 Å². The molecule has 1 atom stereocenters. The number of hydrogen-bond acceptors (Lipinski definition) is 5. The molecule has 3 rings (SSSR count). The highest BCUT2D eigenvalue weighted by Crippen LogP contribution is 2.29. The highest BCUT2D eigenvalue weighted by molar-refractivity contribution is 7.80. The molecule has 0 amide bonds. The molecular weight excluding hydrogens is 376 g/mol. The average molecular weight is 396 g/mol. The molecule has 0 aromatic heterocycles. The van der Waals surface area contributed by atoms with Crippen LogP contribution in [0.1, 0.15) is 35.8 Å². The van der Waals surface area contributed by atoms with Crippen molar-refractivity contribution in [2.75, 3.05) is 6.61 Å². The Morgan fingerprint density at radius 2 is 1.71 bits per heavy atom. The third-order valence-electron chi connectivity index (χ3n) is 4.20. The Hall–Kier alpha value is -3.19. The van der Waals surface area contributed by atoms with Gasteiger partial charge in [0, 0.05) is 5.70 Å². The molecule has 0 radical (unpaired) electrons. The molecule has 0 spiro atoms. The van der Waals surface area contributed by atoms with Gasteiger partial charge in [0.15, 0.2) is 5.11 Å². The molecule has 0 saturated heterocycles. The third kappa shape index (κ3) is 4.37. The van der Waals surface area contributed by atoms with Gasteiger partial charge >= 0.3 is 11.9 Å². The van der Waals surface area contributed by atoms with E-state index in [0.29, 0.717) is 27.7 Å². The fourth-order valence-electron chi connectivity index (χ4n) is 2.89. The highest BCUT2D eigenvalue weighted by atomic mass is 32.1. The lowest BCUT2D eigenvalue weighted by atomic mass is 9.95. The molecule has 2 N–H and O–H groups in total. The molecule has 2 aromatic carbocycles. The number of carbonyl (C=O) groups excluding carboxylic acids is 2. The summed E-state index contributed by atoms with van der Waals surface area (Å²) in [4.78, 5) is 24.6. The predicted octanol–water partition coefficient (Wildman–Crippen LogP) is 3.26. The molecule has 1 aliphatic rings. The Labute approximate surface area is 168 Å². The smallest absolute Gasteiger partial charge is 0.343 e. The molecule has 2 aromatic rings. The van der Waals surface area contributed by atoms with Crippen LogP contribution in [0.25, 0.3) is 0 Å². The maximum absolute atomic E-state index is 12.4.